The van der Waals surface area contributed by atoms with Crippen LogP contribution in [0, 0.1) is 0 Å². The van der Waals surface area contributed by atoms with Crippen LogP contribution in [0.15, 0.2) is 36.1 Å². The van der Waals surface area contributed by atoms with Gasteiger partial charge in [-0.3, -0.25) is 4.79 Å². The summed E-state index contributed by atoms with van der Waals surface area (Å²) in [4.78, 5) is 10.5. The van der Waals surface area contributed by atoms with E-state index in [-0.39, 0.29) is 5.97 Å². The lowest BCUT2D eigenvalue weighted by molar-refractivity contribution is -0.136. The summed E-state index contributed by atoms with van der Waals surface area (Å²) in [5.74, 6) is 0.352. The van der Waals surface area contributed by atoms with Crippen molar-refractivity contribution in [3.63, 3.8) is 0 Å². The van der Waals surface area contributed by atoms with Gasteiger partial charge in [-0.05, 0) is 18.6 Å². The van der Waals surface area contributed by atoms with Crippen LogP contribution in [0.3, 0.4) is 0 Å². The number of carbonyl (C=O) groups is 1. The zero-order valence-electron chi connectivity index (χ0n) is 6.41. The number of rotatable bonds is 1. The van der Waals surface area contributed by atoms with E-state index in [9.17, 15) is 4.79 Å². The minimum Gasteiger partial charge on any atom is -0.427 e. The van der Waals surface area contributed by atoms with Gasteiger partial charge in [0.25, 0.3) is 0 Å². The van der Waals surface area contributed by atoms with Gasteiger partial charge >= 0.3 is 5.97 Å². The monoisotopic (exact) mass is 150 g/mol. The SMILES string of the molecule is CC(=O)OC1=CCC=CC=C1. The molecular formula is C9H10O2. The third-order valence-corrected chi connectivity index (χ3v) is 1.22. The molecule has 0 unspecified atom stereocenters. The zero-order chi connectivity index (χ0) is 8.10. The average molecular weight is 150 g/mol. The lowest BCUT2D eigenvalue weighted by atomic mass is 10.3. The van der Waals surface area contributed by atoms with Crippen molar-refractivity contribution in [3.05, 3.63) is 36.1 Å². The van der Waals surface area contributed by atoms with Crippen molar-refractivity contribution in [1.29, 1.82) is 0 Å². The van der Waals surface area contributed by atoms with Gasteiger partial charge in [0.1, 0.15) is 5.76 Å². The van der Waals surface area contributed by atoms with Crippen LogP contribution in [0.1, 0.15) is 13.3 Å². The highest BCUT2D eigenvalue weighted by Gasteiger charge is 1.97. The first kappa shape index (κ1) is 7.79. The van der Waals surface area contributed by atoms with Crippen LogP contribution in [0.2, 0.25) is 0 Å². The van der Waals surface area contributed by atoms with Gasteiger partial charge < -0.3 is 4.74 Å². The van der Waals surface area contributed by atoms with E-state index in [0.29, 0.717) is 5.76 Å². The smallest absolute Gasteiger partial charge is 0.308 e. The Morgan fingerprint density at radius 3 is 3.09 bits per heavy atom. The fraction of sp³-hybridized carbons (Fsp3) is 0.222. The molecule has 11 heavy (non-hydrogen) atoms. The van der Waals surface area contributed by atoms with Gasteiger partial charge in [0, 0.05) is 6.92 Å². The van der Waals surface area contributed by atoms with E-state index >= 15 is 0 Å². The van der Waals surface area contributed by atoms with Crippen LogP contribution in [-0.2, 0) is 9.53 Å². The Morgan fingerprint density at radius 2 is 2.36 bits per heavy atom. The Balaban J connectivity index is 2.58. The maximum atomic E-state index is 10.5. The van der Waals surface area contributed by atoms with Crippen LogP contribution in [-0.4, -0.2) is 5.97 Å². The summed E-state index contributed by atoms with van der Waals surface area (Å²) < 4.78 is 4.87. The van der Waals surface area contributed by atoms with Crippen LogP contribution >= 0.6 is 0 Å². The molecule has 0 aromatic carbocycles. The molecule has 0 aromatic heterocycles. The standard InChI is InChI=1S/C9H10O2/c1-8(10)11-9-6-4-2-3-5-7-9/h2-4,6-7H,5H2,1H3. The second kappa shape index (κ2) is 3.76. The highest BCUT2D eigenvalue weighted by molar-refractivity contribution is 5.67. The molecule has 0 spiro atoms. The predicted octanol–water partition coefficient (Wildman–Crippen LogP) is 1.95. The summed E-state index contributed by atoms with van der Waals surface area (Å²) in [6.45, 7) is 1.40. The van der Waals surface area contributed by atoms with E-state index in [2.05, 4.69) is 0 Å². The molecule has 0 bridgehead atoms. The molecule has 2 nitrogen and oxygen atoms in total. The molecule has 0 heterocycles. The van der Waals surface area contributed by atoms with Crippen LogP contribution in [0.5, 0.6) is 0 Å². The highest BCUT2D eigenvalue weighted by atomic mass is 16.5. The lowest BCUT2D eigenvalue weighted by Gasteiger charge is -1.98. The average Bonchev–Trinajstić information content (AvgIpc) is 2.14. The molecule has 2 heteroatoms. The summed E-state index contributed by atoms with van der Waals surface area (Å²) in [6, 6.07) is 0. The minimum atomic E-state index is -0.275. The largest absolute Gasteiger partial charge is 0.427 e. The molecule has 1 rings (SSSR count). The normalized spacial score (nSPS) is 15.5. The van der Waals surface area contributed by atoms with Crippen molar-refractivity contribution in [2.45, 2.75) is 13.3 Å². The van der Waals surface area contributed by atoms with Crippen molar-refractivity contribution in [1.82, 2.24) is 0 Å². The summed E-state index contributed by atoms with van der Waals surface area (Å²) in [5, 5.41) is 0. The topological polar surface area (TPSA) is 26.3 Å². The zero-order valence-corrected chi connectivity index (χ0v) is 6.41. The minimum absolute atomic E-state index is 0.275. The number of ether oxygens (including phenoxy) is 1. The molecule has 0 aromatic rings. The number of carbonyl (C=O) groups excluding carboxylic acids is 1. The van der Waals surface area contributed by atoms with E-state index in [1.54, 1.807) is 6.08 Å². The molecule has 0 radical (unpaired) electrons. The highest BCUT2D eigenvalue weighted by Crippen LogP contribution is 2.06. The molecule has 1 aliphatic carbocycles. The predicted molar refractivity (Wildman–Crippen MR) is 42.7 cm³/mol. The lowest BCUT2D eigenvalue weighted by Crippen LogP contribution is -1.96. The van der Waals surface area contributed by atoms with Crippen molar-refractivity contribution in [2.75, 3.05) is 0 Å². The fourth-order valence-electron chi connectivity index (χ4n) is 0.801. The fourth-order valence-corrected chi connectivity index (χ4v) is 0.801. The molecule has 1 aliphatic rings. The molecule has 0 amide bonds. The summed E-state index contributed by atoms with van der Waals surface area (Å²) in [6.07, 6.45) is 10.2. The van der Waals surface area contributed by atoms with Crippen molar-refractivity contribution >= 4 is 5.97 Å². The van der Waals surface area contributed by atoms with E-state index in [0.717, 1.165) is 6.42 Å². The molecule has 0 saturated heterocycles. The first-order valence-electron chi connectivity index (χ1n) is 3.51. The van der Waals surface area contributed by atoms with E-state index in [4.69, 9.17) is 4.74 Å². The third-order valence-electron chi connectivity index (χ3n) is 1.22. The molecule has 0 aliphatic heterocycles. The van der Waals surface area contributed by atoms with E-state index in [1.807, 2.05) is 24.3 Å². The number of hydrogen-bond acceptors (Lipinski definition) is 2. The van der Waals surface area contributed by atoms with Gasteiger partial charge in [-0.25, -0.2) is 0 Å². The van der Waals surface area contributed by atoms with E-state index in [1.165, 1.54) is 6.92 Å². The van der Waals surface area contributed by atoms with Gasteiger partial charge in [-0.1, -0.05) is 18.2 Å². The van der Waals surface area contributed by atoms with Crippen molar-refractivity contribution in [2.24, 2.45) is 0 Å². The number of esters is 1. The maximum absolute atomic E-state index is 10.5. The molecule has 0 N–H and O–H groups in total. The van der Waals surface area contributed by atoms with Gasteiger partial charge in [-0.15, -0.1) is 0 Å². The quantitative estimate of drug-likeness (QED) is 0.534. The third kappa shape index (κ3) is 2.85. The summed E-state index contributed by atoms with van der Waals surface area (Å²) in [7, 11) is 0. The Labute approximate surface area is 65.9 Å². The van der Waals surface area contributed by atoms with Gasteiger partial charge in [-0.2, -0.15) is 0 Å². The first-order valence-corrected chi connectivity index (χ1v) is 3.51. The molecule has 0 fully saturated rings. The van der Waals surface area contributed by atoms with E-state index < -0.39 is 0 Å². The Kier molecular flexibility index (Phi) is 2.66. The molecular weight excluding hydrogens is 140 g/mol. The Hall–Kier alpha value is -1.31. The van der Waals surface area contributed by atoms with Crippen LogP contribution in [0.4, 0.5) is 0 Å². The second-order valence-electron chi connectivity index (χ2n) is 2.22. The van der Waals surface area contributed by atoms with Gasteiger partial charge in [0.2, 0.25) is 0 Å². The molecule has 0 saturated carbocycles. The van der Waals surface area contributed by atoms with Crippen LogP contribution < -0.4 is 0 Å². The summed E-state index contributed by atoms with van der Waals surface area (Å²) >= 11 is 0. The Bertz CT molecular complexity index is 234. The van der Waals surface area contributed by atoms with Crippen molar-refractivity contribution in [3.8, 4) is 0 Å². The van der Waals surface area contributed by atoms with Gasteiger partial charge in [0.15, 0.2) is 0 Å². The van der Waals surface area contributed by atoms with Crippen molar-refractivity contribution < 1.29 is 9.53 Å². The first-order chi connectivity index (χ1) is 5.29. The maximum Gasteiger partial charge on any atom is 0.308 e. The number of allylic oxidation sites excluding steroid dienone is 5. The second-order valence-corrected chi connectivity index (χ2v) is 2.22. The summed E-state index contributed by atoms with van der Waals surface area (Å²) in [5.41, 5.74) is 0. The van der Waals surface area contributed by atoms with Crippen LogP contribution in [0.25, 0.3) is 0 Å². The Morgan fingerprint density at radius 1 is 1.55 bits per heavy atom. The molecule has 0 atom stereocenters. The van der Waals surface area contributed by atoms with Gasteiger partial charge in [0.05, 0.1) is 0 Å². The number of hydrogen-bond donors (Lipinski definition) is 0. The molecule has 58 valence electrons.